The lowest BCUT2D eigenvalue weighted by Crippen LogP contribution is -2.32. The van der Waals surface area contributed by atoms with E-state index >= 15 is 0 Å². The smallest absolute Gasteiger partial charge is 0.317 e. The minimum atomic E-state index is -0.943. The van der Waals surface area contributed by atoms with Gasteiger partial charge in [0.1, 0.15) is 0 Å². The lowest BCUT2D eigenvalue weighted by molar-refractivity contribution is -0.384. The van der Waals surface area contributed by atoms with E-state index in [1.807, 2.05) is 26.0 Å². The predicted octanol–water partition coefficient (Wildman–Crippen LogP) is 2.30. The summed E-state index contributed by atoms with van der Waals surface area (Å²) in [5.74, 6) is -1.80. The number of carbonyl (C=O) groups is 2. The molecular formula is C17H16N4O4. The van der Waals surface area contributed by atoms with E-state index in [2.05, 4.69) is 15.8 Å². The van der Waals surface area contributed by atoms with Gasteiger partial charge in [-0.2, -0.15) is 5.10 Å². The van der Waals surface area contributed by atoms with Gasteiger partial charge in [-0.1, -0.05) is 29.8 Å². The van der Waals surface area contributed by atoms with Gasteiger partial charge in [0.15, 0.2) is 0 Å². The molecule has 0 heterocycles. The molecule has 2 rings (SSSR count). The molecule has 0 aliphatic heterocycles. The van der Waals surface area contributed by atoms with Gasteiger partial charge in [-0.15, -0.1) is 0 Å². The zero-order chi connectivity index (χ0) is 18.4. The van der Waals surface area contributed by atoms with Crippen molar-refractivity contribution in [1.82, 2.24) is 5.43 Å². The number of hydrogen-bond acceptors (Lipinski definition) is 5. The molecular weight excluding hydrogens is 324 g/mol. The van der Waals surface area contributed by atoms with Crippen LogP contribution in [0.5, 0.6) is 0 Å². The van der Waals surface area contributed by atoms with Gasteiger partial charge in [-0.3, -0.25) is 19.7 Å². The number of non-ortho nitro benzene ring substituents is 1. The third-order valence-electron chi connectivity index (χ3n) is 3.30. The molecule has 0 spiro atoms. The van der Waals surface area contributed by atoms with E-state index in [1.165, 1.54) is 24.4 Å². The van der Waals surface area contributed by atoms with Crippen molar-refractivity contribution in [2.24, 2.45) is 5.10 Å². The van der Waals surface area contributed by atoms with Crippen molar-refractivity contribution in [2.45, 2.75) is 13.8 Å². The van der Waals surface area contributed by atoms with E-state index in [4.69, 9.17) is 0 Å². The number of nitro groups is 1. The van der Waals surface area contributed by atoms with Crippen LogP contribution in [0.3, 0.4) is 0 Å². The third-order valence-corrected chi connectivity index (χ3v) is 3.30. The first kappa shape index (κ1) is 17.8. The van der Waals surface area contributed by atoms with Crippen LogP contribution in [0.25, 0.3) is 0 Å². The van der Waals surface area contributed by atoms with E-state index in [9.17, 15) is 19.7 Å². The fraction of sp³-hybridized carbons (Fsp3) is 0.118. The highest BCUT2D eigenvalue weighted by Crippen LogP contribution is 2.15. The molecule has 2 aromatic carbocycles. The number of nitrogens with one attached hydrogen (secondary N) is 2. The molecule has 0 aliphatic carbocycles. The lowest BCUT2D eigenvalue weighted by atomic mass is 10.1. The highest BCUT2D eigenvalue weighted by Gasteiger charge is 2.14. The molecule has 8 nitrogen and oxygen atoms in total. The Bertz CT molecular complexity index is 861. The van der Waals surface area contributed by atoms with Crippen molar-refractivity contribution in [2.75, 3.05) is 5.32 Å². The molecule has 128 valence electrons. The Morgan fingerprint density at radius 1 is 1.12 bits per heavy atom. The number of nitrogens with zero attached hydrogens (tertiary/aromatic N) is 2. The Labute approximate surface area is 143 Å². The highest BCUT2D eigenvalue weighted by molar-refractivity contribution is 6.39. The summed E-state index contributed by atoms with van der Waals surface area (Å²) >= 11 is 0. The molecule has 0 saturated heterocycles. The summed E-state index contributed by atoms with van der Waals surface area (Å²) in [6, 6.07) is 11.1. The van der Waals surface area contributed by atoms with Crippen LogP contribution in [-0.4, -0.2) is 23.0 Å². The fourth-order valence-corrected chi connectivity index (χ4v) is 2.07. The number of hydrogen-bond donors (Lipinski definition) is 2. The number of hydrazone groups is 1. The molecule has 2 aromatic rings. The average Bonchev–Trinajstić information content (AvgIpc) is 2.57. The van der Waals surface area contributed by atoms with E-state index in [-0.39, 0.29) is 5.69 Å². The summed E-state index contributed by atoms with van der Waals surface area (Å²) in [4.78, 5) is 33.7. The van der Waals surface area contributed by atoms with Gasteiger partial charge in [-0.25, -0.2) is 5.43 Å². The second kappa shape index (κ2) is 7.82. The zero-order valence-corrected chi connectivity index (χ0v) is 13.6. The average molecular weight is 340 g/mol. The van der Waals surface area contributed by atoms with Gasteiger partial charge < -0.3 is 5.32 Å². The molecule has 0 unspecified atom stereocenters. The van der Waals surface area contributed by atoms with Crippen molar-refractivity contribution in [3.63, 3.8) is 0 Å². The monoisotopic (exact) mass is 340 g/mol. The van der Waals surface area contributed by atoms with Gasteiger partial charge in [0.2, 0.25) is 0 Å². The molecule has 0 aliphatic rings. The van der Waals surface area contributed by atoms with Gasteiger partial charge in [0.25, 0.3) is 5.69 Å². The minimum absolute atomic E-state index is 0.0946. The summed E-state index contributed by atoms with van der Waals surface area (Å²) < 4.78 is 0. The first-order valence-corrected chi connectivity index (χ1v) is 7.33. The molecule has 2 N–H and O–H groups in total. The summed E-state index contributed by atoms with van der Waals surface area (Å²) in [6.45, 7) is 3.74. The first-order valence-electron chi connectivity index (χ1n) is 7.33. The van der Waals surface area contributed by atoms with Crippen LogP contribution < -0.4 is 10.7 Å². The number of carbonyl (C=O) groups excluding carboxylic acids is 2. The molecule has 2 amide bonds. The van der Waals surface area contributed by atoms with Crippen LogP contribution in [0.4, 0.5) is 11.4 Å². The Kier molecular flexibility index (Phi) is 5.57. The number of rotatable bonds is 4. The number of nitro benzene ring substituents is 1. The van der Waals surface area contributed by atoms with Gasteiger partial charge in [0, 0.05) is 23.4 Å². The lowest BCUT2D eigenvalue weighted by Gasteiger charge is -2.08. The summed E-state index contributed by atoms with van der Waals surface area (Å²) in [5.41, 5.74) is 4.82. The van der Waals surface area contributed by atoms with Crippen molar-refractivity contribution in [1.29, 1.82) is 0 Å². The number of benzene rings is 2. The van der Waals surface area contributed by atoms with E-state index in [0.717, 1.165) is 11.1 Å². The van der Waals surface area contributed by atoms with Crippen molar-refractivity contribution < 1.29 is 14.5 Å². The first-order chi connectivity index (χ1) is 11.9. The molecule has 0 fully saturated rings. The molecule has 0 atom stereocenters. The second-order valence-electron chi connectivity index (χ2n) is 5.32. The van der Waals surface area contributed by atoms with E-state index in [0.29, 0.717) is 11.3 Å². The molecule has 0 aromatic heterocycles. The largest absolute Gasteiger partial charge is 0.329 e. The molecule has 0 bridgehead atoms. The summed E-state index contributed by atoms with van der Waals surface area (Å²) in [7, 11) is 0. The van der Waals surface area contributed by atoms with Crippen LogP contribution >= 0.6 is 0 Å². The standard InChI is InChI=1S/C17H16N4O4/c1-11-6-7-15(12(2)8-11)19-16(22)17(23)20-18-10-13-4-3-5-14(9-13)21(24)25/h3-10H,1-2H3,(H,19,22)(H,20,23)/b18-10+. The summed E-state index contributed by atoms with van der Waals surface area (Å²) in [5, 5.41) is 16.8. The Balaban J connectivity index is 1.96. The maximum absolute atomic E-state index is 11.8. The Morgan fingerprint density at radius 2 is 1.88 bits per heavy atom. The third kappa shape index (κ3) is 4.96. The van der Waals surface area contributed by atoms with Crippen LogP contribution in [0, 0.1) is 24.0 Å². The molecule has 8 heteroatoms. The van der Waals surface area contributed by atoms with Gasteiger partial charge in [-0.05, 0) is 25.5 Å². The quantitative estimate of drug-likeness (QED) is 0.385. The minimum Gasteiger partial charge on any atom is -0.317 e. The predicted molar refractivity (Wildman–Crippen MR) is 93.4 cm³/mol. The zero-order valence-electron chi connectivity index (χ0n) is 13.6. The second-order valence-corrected chi connectivity index (χ2v) is 5.32. The topological polar surface area (TPSA) is 114 Å². The van der Waals surface area contributed by atoms with Gasteiger partial charge in [0.05, 0.1) is 11.1 Å². The molecule has 25 heavy (non-hydrogen) atoms. The Hall–Kier alpha value is -3.55. The van der Waals surface area contributed by atoms with Crippen LogP contribution in [0.15, 0.2) is 47.6 Å². The van der Waals surface area contributed by atoms with Gasteiger partial charge >= 0.3 is 11.8 Å². The van der Waals surface area contributed by atoms with E-state index < -0.39 is 16.7 Å². The van der Waals surface area contributed by atoms with Crippen LogP contribution in [0.2, 0.25) is 0 Å². The number of anilines is 1. The number of aryl methyl sites for hydroxylation is 2. The van der Waals surface area contributed by atoms with E-state index in [1.54, 1.807) is 12.1 Å². The van der Waals surface area contributed by atoms with Crippen LogP contribution in [-0.2, 0) is 9.59 Å². The van der Waals surface area contributed by atoms with Crippen molar-refractivity contribution in [3.8, 4) is 0 Å². The summed E-state index contributed by atoms with van der Waals surface area (Å²) in [6.07, 6.45) is 1.22. The fourth-order valence-electron chi connectivity index (χ4n) is 2.07. The SMILES string of the molecule is Cc1ccc(NC(=O)C(=O)N/N=C/c2cccc([N+](=O)[O-])c2)c(C)c1. The number of amides is 2. The molecule has 0 saturated carbocycles. The maximum atomic E-state index is 11.8. The van der Waals surface area contributed by atoms with Crippen LogP contribution in [0.1, 0.15) is 16.7 Å². The van der Waals surface area contributed by atoms with Crippen molar-refractivity contribution >= 4 is 29.4 Å². The van der Waals surface area contributed by atoms with Crippen molar-refractivity contribution in [3.05, 3.63) is 69.3 Å². The normalized spacial score (nSPS) is 10.5. The Morgan fingerprint density at radius 3 is 2.56 bits per heavy atom. The molecule has 0 radical (unpaired) electrons. The highest BCUT2D eigenvalue weighted by atomic mass is 16.6. The maximum Gasteiger partial charge on any atom is 0.329 e.